The number of imide groups is 1. The van der Waals surface area contributed by atoms with Gasteiger partial charge in [-0.15, -0.1) is 5.10 Å². The summed E-state index contributed by atoms with van der Waals surface area (Å²) in [6.07, 6.45) is 1.45. The molecule has 1 aliphatic heterocycles. The number of aromatic nitrogens is 6. The van der Waals surface area contributed by atoms with Gasteiger partial charge in [-0.05, 0) is 42.0 Å². The molecule has 5 rings (SSSR count). The van der Waals surface area contributed by atoms with Crippen LogP contribution in [0, 0.1) is 6.92 Å². The highest BCUT2D eigenvalue weighted by atomic mass is 16.5. The minimum atomic E-state index is -1.26. The molecule has 1 N–H and O–H groups in total. The third-order valence-corrected chi connectivity index (χ3v) is 5.38. The zero-order valence-electron chi connectivity index (χ0n) is 17.3. The minimum Gasteiger partial charge on any atom is -0.337 e. The number of urea groups is 1. The monoisotopic (exact) mass is 430 g/mol. The summed E-state index contributed by atoms with van der Waals surface area (Å²) in [7, 11) is 0. The first kappa shape index (κ1) is 19.5. The molecule has 11 nitrogen and oxygen atoms in total. The van der Waals surface area contributed by atoms with Crippen molar-refractivity contribution in [2.75, 3.05) is 0 Å². The summed E-state index contributed by atoms with van der Waals surface area (Å²) in [4.78, 5) is 31.3. The molecular weight excluding hydrogens is 412 g/mol. The molecule has 0 radical (unpaired) electrons. The summed E-state index contributed by atoms with van der Waals surface area (Å²) in [5.41, 5.74) is 1.89. The number of aryl methyl sites for hydroxylation is 1. The molecule has 2 aromatic heterocycles. The Hall–Kier alpha value is -4.41. The van der Waals surface area contributed by atoms with Crippen LogP contribution in [-0.2, 0) is 16.9 Å². The molecule has 3 amide bonds. The van der Waals surface area contributed by atoms with Gasteiger partial charge in [0.15, 0.2) is 0 Å². The van der Waals surface area contributed by atoms with Gasteiger partial charge in [0, 0.05) is 5.56 Å². The molecule has 0 saturated carbocycles. The summed E-state index contributed by atoms with van der Waals surface area (Å²) in [6.45, 7) is 3.50. The lowest BCUT2D eigenvalue weighted by molar-refractivity contribution is -0.131. The molecule has 1 unspecified atom stereocenters. The topological polar surface area (TPSA) is 132 Å². The third-order valence-electron chi connectivity index (χ3n) is 5.38. The standard InChI is InChI=1S/C21H18N8O3/c1-13-6-8-14(9-7-13)18-23-17(32-25-18)11-28-19(30)21(2,24-20(28)31)15-4-3-5-16(10-15)29-12-22-26-27-29/h3-10,12H,11H2,1-2H3,(H,24,31). The molecule has 32 heavy (non-hydrogen) atoms. The van der Waals surface area contributed by atoms with Crippen molar-refractivity contribution in [3.05, 3.63) is 71.9 Å². The quantitative estimate of drug-likeness (QED) is 0.476. The van der Waals surface area contributed by atoms with Gasteiger partial charge >= 0.3 is 6.03 Å². The lowest BCUT2D eigenvalue weighted by Crippen LogP contribution is -2.40. The van der Waals surface area contributed by atoms with Crippen molar-refractivity contribution in [2.24, 2.45) is 0 Å². The molecule has 1 aliphatic rings. The second kappa shape index (κ2) is 7.38. The van der Waals surface area contributed by atoms with Crippen LogP contribution in [0.4, 0.5) is 4.79 Å². The van der Waals surface area contributed by atoms with E-state index in [-0.39, 0.29) is 12.4 Å². The van der Waals surface area contributed by atoms with E-state index in [1.165, 1.54) is 11.0 Å². The van der Waals surface area contributed by atoms with Crippen molar-refractivity contribution in [3.8, 4) is 17.1 Å². The first-order chi connectivity index (χ1) is 15.4. The number of rotatable bonds is 5. The van der Waals surface area contributed by atoms with Gasteiger partial charge in [0.2, 0.25) is 11.7 Å². The summed E-state index contributed by atoms with van der Waals surface area (Å²) in [5, 5.41) is 17.8. The van der Waals surface area contributed by atoms with E-state index in [0.717, 1.165) is 16.0 Å². The van der Waals surface area contributed by atoms with Gasteiger partial charge in [-0.3, -0.25) is 9.69 Å². The Labute approximate surface area is 182 Å². The van der Waals surface area contributed by atoms with Gasteiger partial charge < -0.3 is 9.84 Å². The van der Waals surface area contributed by atoms with Gasteiger partial charge in [-0.25, -0.2) is 9.48 Å². The molecule has 3 heterocycles. The molecule has 0 aliphatic carbocycles. The predicted molar refractivity (Wildman–Crippen MR) is 110 cm³/mol. The predicted octanol–water partition coefficient (Wildman–Crippen LogP) is 1.99. The first-order valence-electron chi connectivity index (χ1n) is 9.82. The maximum absolute atomic E-state index is 13.3. The Morgan fingerprint density at radius 1 is 1.12 bits per heavy atom. The van der Waals surface area contributed by atoms with E-state index in [9.17, 15) is 9.59 Å². The fourth-order valence-electron chi connectivity index (χ4n) is 3.55. The Morgan fingerprint density at radius 2 is 1.94 bits per heavy atom. The van der Waals surface area contributed by atoms with E-state index < -0.39 is 17.5 Å². The molecule has 1 saturated heterocycles. The summed E-state index contributed by atoms with van der Waals surface area (Å²) in [6, 6.07) is 14.2. The van der Waals surface area contributed by atoms with Crippen LogP contribution in [0.2, 0.25) is 0 Å². The fraction of sp³-hybridized carbons (Fsp3) is 0.190. The highest BCUT2D eigenvalue weighted by Gasteiger charge is 2.49. The van der Waals surface area contributed by atoms with Gasteiger partial charge in [0.25, 0.3) is 5.91 Å². The smallest absolute Gasteiger partial charge is 0.325 e. The van der Waals surface area contributed by atoms with E-state index in [2.05, 4.69) is 31.0 Å². The molecule has 0 spiro atoms. The van der Waals surface area contributed by atoms with Crippen molar-refractivity contribution in [2.45, 2.75) is 25.9 Å². The summed E-state index contributed by atoms with van der Waals surface area (Å²) in [5.74, 6) is 0.131. The zero-order chi connectivity index (χ0) is 22.3. The van der Waals surface area contributed by atoms with E-state index in [0.29, 0.717) is 17.1 Å². The Balaban J connectivity index is 1.39. The maximum Gasteiger partial charge on any atom is 0.325 e. The number of amides is 3. The zero-order valence-corrected chi connectivity index (χ0v) is 17.3. The van der Waals surface area contributed by atoms with Crippen molar-refractivity contribution < 1.29 is 14.1 Å². The van der Waals surface area contributed by atoms with Gasteiger partial charge in [-0.2, -0.15) is 4.98 Å². The maximum atomic E-state index is 13.3. The van der Waals surface area contributed by atoms with Gasteiger partial charge in [0.1, 0.15) is 18.4 Å². The second-order valence-electron chi connectivity index (χ2n) is 7.63. The van der Waals surface area contributed by atoms with Crippen molar-refractivity contribution in [1.82, 2.24) is 40.6 Å². The highest BCUT2D eigenvalue weighted by Crippen LogP contribution is 2.31. The number of nitrogens with one attached hydrogen (secondary N) is 1. The number of benzene rings is 2. The average molecular weight is 430 g/mol. The molecule has 160 valence electrons. The number of nitrogens with zero attached hydrogens (tertiary/aromatic N) is 7. The van der Waals surface area contributed by atoms with Crippen LogP contribution >= 0.6 is 0 Å². The summed E-state index contributed by atoms with van der Waals surface area (Å²) < 4.78 is 6.76. The Morgan fingerprint density at radius 3 is 2.69 bits per heavy atom. The van der Waals surface area contributed by atoms with Gasteiger partial charge in [-0.1, -0.05) is 47.1 Å². The third kappa shape index (κ3) is 3.29. The Bertz CT molecular complexity index is 1300. The van der Waals surface area contributed by atoms with E-state index >= 15 is 0 Å². The van der Waals surface area contributed by atoms with Crippen LogP contribution in [0.5, 0.6) is 0 Å². The van der Waals surface area contributed by atoms with E-state index in [1.54, 1.807) is 31.2 Å². The second-order valence-corrected chi connectivity index (χ2v) is 7.63. The van der Waals surface area contributed by atoms with Crippen molar-refractivity contribution in [1.29, 1.82) is 0 Å². The molecule has 0 bridgehead atoms. The molecule has 1 fully saturated rings. The fourth-order valence-corrected chi connectivity index (χ4v) is 3.55. The van der Waals surface area contributed by atoms with Gasteiger partial charge in [0.05, 0.1) is 5.69 Å². The van der Waals surface area contributed by atoms with Crippen LogP contribution in [0.3, 0.4) is 0 Å². The lowest BCUT2D eigenvalue weighted by Gasteiger charge is -2.22. The summed E-state index contributed by atoms with van der Waals surface area (Å²) >= 11 is 0. The lowest BCUT2D eigenvalue weighted by atomic mass is 9.91. The van der Waals surface area contributed by atoms with Crippen LogP contribution in [0.25, 0.3) is 17.1 Å². The SMILES string of the molecule is Cc1ccc(-c2noc(CN3C(=O)NC(C)(c4cccc(-n5cnnn5)c4)C3=O)n2)cc1. The molecule has 1 atom stereocenters. The number of carbonyl (C=O) groups is 2. The average Bonchev–Trinajstić information content (AvgIpc) is 3.53. The number of tetrazole rings is 1. The molecule has 4 aromatic rings. The number of hydrogen-bond donors (Lipinski definition) is 1. The first-order valence-corrected chi connectivity index (χ1v) is 9.82. The van der Waals surface area contributed by atoms with E-state index in [1.807, 2.05) is 31.2 Å². The van der Waals surface area contributed by atoms with Crippen molar-refractivity contribution >= 4 is 11.9 Å². The molecule has 2 aromatic carbocycles. The van der Waals surface area contributed by atoms with Crippen LogP contribution < -0.4 is 5.32 Å². The normalized spacial score (nSPS) is 18.2. The molecule has 11 heteroatoms. The van der Waals surface area contributed by atoms with Crippen LogP contribution in [0.15, 0.2) is 59.4 Å². The van der Waals surface area contributed by atoms with Crippen molar-refractivity contribution in [3.63, 3.8) is 0 Å². The molecular formula is C21H18N8O3. The van der Waals surface area contributed by atoms with Crippen LogP contribution in [-0.4, -0.2) is 47.2 Å². The number of carbonyl (C=O) groups excluding carboxylic acids is 2. The minimum absolute atomic E-state index is 0.133. The van der Waals surface area contributed by atoms with E-state index in [4.69, 9.17) is 4.52 Å². The Kier molecular flexibility index (Phi) is 4.51. The highest BCUT2D eigenvalue weighted by molar-refractivity contribution is 6.07. The largest absolute Gasteiger partial charge is 0.337 e. The van der Waals surface area contributed by atoms with Crippen LogP contribution in [0.1, 0.15) is 23.9 Å². The number of hydrogen-bond acceptors (Lipinski definition) is 8.